The van der Waals surface area contributed by atoms with E-state index < -0.39 is 11.9 Å². The summed E-state index contributed by atoms with van der Waals surface area (Å²) in [4.78, 5) is 16.1. The summed E-state index contributed by atoms with van der Waals surface area (Å²) in [6.45, 7) is 7.62. The van der Waals surface area contributed by atoms with Crippen molar-refractivity contribution in [3.8, 4) is 0 Å². The van der Waals surface area contributed by atoms with E-state index in [-0.39, 0.29) is 6.04 Å². The smallest absolute Gasteiger partial charge is 0.310 e. The zero-order chi connectivity index (χ0) is 23.4. The zero-order valence-electron chi connectivity index (χ0n) is 19.6. The van der Waals surface area contributed by atoms with Gasteiger partial charge < -0.3 is 15.7 Å². The highest BCUT2D eigenvalue weighted by Gasteiger charge is 2.28. The van der Waals surface area contributed by atoms with Gasteiger partial charge >= 0.3 is 5.97 Å². The number of pyridine rings is 1. The highest BCUT2D eigenvalue weighted by Crippen LogP contribution is 2.32. The molecule has 0 radical (unpaired) electrons. The summed E-state index contributed by atoms with van der Waals surface area (Å²) in [5, 5.41) is 16.8. The molecule has 0 saturated carbocycles. The molecular formula is C28H33N3O2. The molecule has 3 aromatic rings. The van der Waals surface area contributed by atoms with Crippen molar-refractivity contribution in [3.63, 3.8) is 0 Å². The van der Waals surface area contributed by atoms with Crippen molar-refractivity contribution >= 4 is 11.7 Å². The first-order valence-corrected chi connectivity index (χ1v) is 11.7. The number of hydrogen-bond donors (Lipinski definition) is 3. The highest BCUT2D eigenvalue weighted by atomic mass is 16.4. The predicted octanol–water partition coefficient (Wildman–Crippen LogP) is 5.04. The molecule has 2 aromatic carbocycles. The molecule has 0 aliphatic carbocycles. The number of hydrogen-bond acceptors (Lipinski definition) is 4. The number of rotatable bonds is 8. The fraction of sp³-hybridized carbons (Fsp3) is 0.357. The fourth-order valence-electron chi connectivity index (χ4n) is 4.66. The van der Waals surface area contributed by atoms with Crippen molar-refractivity contribution in [2.75, 3.05) is 18.4 Å². The first kappa shape index (κ1) is 23.0. The quantitative estimate of drug-likeness (QED) is 0.455. The molecule has 4 rings (SSSR count). The number of carboxylic acid groups (broad SMARTS) is 1. The largest absolute Gasteiger partial charge is 0.481 e. The molecule has 1 aromatic heterocycles. The van der Waals surface area contributed by atoms with E-state index in [1.807, 2.05) is 18.3 Å². The summed E-state index contributed by atoms with van der Waals surface area (Å²) in [6, 6.07) is 19.0. The van der Waals surface area contributed by atoms with Crippen molar-refractivity contribution in [1.82, 2.24) is 10.3 Å². The van der Waals surface area contributed by atoms with Gasteiger partial charge in [-0.3, -0.25) is 9.78 Å². The van der Waals surface area contributed by atoms with Gasteiger partial charge in [-0.15, -0.1) is 0 Å². The first-order valence-electron chi connectivity index (χ1n) is 11.7. The van der Waals surface area contributed by atoms with Crippen LogP contribution in [0, 0.1) is 19.8 Å². The molecule has 3 atom stereocenters. The van der Waals surface area contributed by atoms with Gasteiger partial charge in [-0.1, -0.05) is 48.5 Å². The molecule has 0 spiro atoms. The molecule has 1 aliphatic heterocycles. The van der Waals surface area contributed by atoms with Crippen LogP contribution in [0.1, 0.15) is 52.4 Å². The normalized spacial score (nSPS) is 17.0. The van der Waals surface area contributed by atoms with Gasteiger partial charge in [0.25, 0.3) is 0 Å². The van der Waals surface area contributed by atoms with Gasteiger partial charge in [0.15, 0.2) is 0 Å². The number of aryl methyl sites for hydroxylation is 2. The number of carboxylic acids is 1. The standard InChI is InChI=1S/C28H33N3O2/c1-18-13-25-26(30-16-18)15-24(17-31-25)27(21-7-5-4-6-8-21)29-12-11-22-14-23(10-9-19(22)2)20(3)28(32)33/h4-10,13-14,16,20,24,27,29,31H,11-12,15,17H2,1-3H3,(H,32,33)/t20-,24+,27-/m1/s1. The third kappa shape index (κ3) is 5.42. The van der Waals surface area contributed by atoms with Crippen LogP contribution in [0.3, 0.4) is 0 Å². The zero-order valence-corrected chi connectivity index (χ0v) is 19.6. The number of aromatic nitrogens is 1. The molecule has 3 N–H and O–H groups in total. The molecule has 172 valence electrons. The van der Waals surface area contributed by atoms with Gasteiger partial charge in [-0.05, 0) is 74.0 Å². The second kappa shape index (κ2) is 10.2. The number of fused-ring (bicyclic) bond motifs is 1. The number of nitrogens with one attached hydrogen (secondary N) is 2. The number of nitrogens with zero attached hydrogens (tertiary/aromatic N) is 1. The maximum Gasteiger partial charge on any atom is 0.310 e. The summed E-state index contributed by atoms with van der Waals surface area (Å²) >= 11 is 0. The topological polar surface area (TPSA) is 74.2 Å². The van der Waals surface area contributed by atoms with Crippen LogP contribution in [-0.2, 0) is 17.6 Å². The van der Waals surface area contributed by atoms with Crippen LogP contribution in [0.2, 0.25) is 0 Å². The molecule has 2 heterocycles. The SMILES string of the molecule is Cc1cnc2c(c1)NC[C@@H]([C@H](NCCc1cc([C@@H](C)C(=O)O)ccc1C)c1ccccc1)C2. The van der Waals surface area contributed by atoms with Gasteiger partial charge in [0, 0.05) is 24.7 Å². The summed E-state index contributed by atoms with van der Waals surface area (Å²) < 4.78 is 0. The molecule has 1 aliphatic rings. The van der Waals surface area contributed by atoms with Gasteiger partial charge in [-0.25, -0.2) is 0 Å². The lowest BCUT2D eigenvalue weighted by Crippen LogP contribution is -2.37. The van der Waals surface area contributed by atoms with Gasteiger partial charge in [0.1, 0.15) is 0 Å². The lowest BCUT2D eigenvalue weighted by molar-refractivity contribution is -0.138. The van der Waals surface area contributed by atoms with E-state index in [1.165, 1.54) is 22.3 Å². The number of carbonyl (C=O) groups is 1. The Morgan fingerprint density at radius 1 is 1.15 bits per heavy atom. The lowest BCUT2D eigenvalue weighted by Gasteiger charge is -2.33. The summed E-state index contributed by atoms with van der Waals surface area (Å²) in [7, 11) is 0. The highest BCUT2D eigenvalue weighted by molar-refractivity contribution is 5.75. The molecule has 0 unspecified atom stereocenters. The molecule has 0 amide bonds. The average molecular weight is 444 g/mol. The number of benzene rings is 2. The van der Waals surface area contributed by atoms with Crippen LogP contribution < -0.4 is 10.6 Å². The Morgan fingerprint density at radius 3 is 2.70 bits per heavy atom. The van der Waals surface area contributed by atoms with Crippen LogP contribution >= 0.6 is 0 Å². The van der Waals surface area contributed by atoms with E-state index in [0.717, 1.165) is 42.9 Å². The van der Waals surface area contributed by atoms with Crippen LogP contribution in [0.15, 0.2) is 60.8 Å². The van der Waals surface area contributed by atoms with Crippen LogP contribution in [0.25, 0.3) is 0 Å². The third-order valence-electron chi connectivity index (χ3n) is 6.75. The summed E-state index contributed by atoms with van der Waals surface area (Å²) in [6.07, 6.45) is 3.73. The Morgan fingerprint density at radius 2 is 1.94 bits per heavy atom. The maximum absolute atomic E-state index is 11.4. The van der Waals surface area contributed by atoms with Crippen molar-refractivity contribution in [2.45, 2.75) is 45.6 Å². The molecule has 0 fully saturated rings. The lowest BCUT2D eigenvalue weighted by atomic mass is 9.86. The van der Waals surface area contributed by atoms with Gasteiger partial charge in [0.05, 0.1) is 17.3 Å². The Balaban J connectivity index is 1.49. The molecule has 0 saturated heterocycles. The molecule has 0 bridgehead atoms. The third-order valence-corrected chi connectivity index (χ3v) is 6.75. The van der Waals surface area contributed by atoms with Crippen LogP contribution in [0.4, 0.5) is 5.69 Å². The fourth-order valence-corrected chi connectivity index (χ4v) is 4.66. The maximum atomic E-state index is 11.4. The van der Waals surface area contributed by atoms with E-state index in [2.05, 4.69) is 71.9 Å². The second-order valence-corrected chi connectivity index (χ2v) is 9.19. The van der Waals surface area contributed by atoms with Crippen molar-refractivity contribution in [3.05, 3.63) is 94.3 Å². The number of aliphatic carboxylic acids is 1. The monoisotopic (exact) mass is 443 g/mol. The molecule has 33 heavy (non-hydrogen) atoms. The van der Waals surface area contributed by atoms with Gasteiger partial charge in [0.2, 0.25) is 0 Å². The molecular weight excluding hydrogens is 410 g/mol. The Hall–Kier alpha value is -3.18. The minimum Gasteiger partial charge on any atom is -0.481 e. The summed E-state index contributed by atoms with van der Waals surface area (Å²) in [5.41, 5.74) is 7.99. The van der Waals surface area contributed by atoms with E-state index in [4.69, 9.17) is 0 Å². The minimum absolute atomic E-state index is 0.205. The Labute approximate surface area is 196 Å². The van der Waals surface area contributed by atoms with Crippen molar-refractivity contribution < 1.29 is 9.90 Å². The molecule has 5 nitrogen and oxygen atoms in total. The Bertz CT molecular complexity index is 1110. The van der Waals surface area contributed by atoms with E-state index in [1.54, 1.807) is 6.92 Å². The Kier molecular flexibility index (Phi) is 7.09. The average Bonchev–Trinajstić information content (AvgIpc) is 2.82. The number of anilines is 1. The van der Waals surface area contributed by atoms with Crippen molar-refractivity contribution in [1.29, 1.82) is 0 Å². The van der Waals surface area contributed by atoms with Gasteiger partial charge in [-0.2, -0.15) is 0 Å². The molecule has 5 heteroatoms. The van der Waals surface area contributed by atoms with Crippen LogP contribution in [0.5, 0.6) is 0 Å². The van der Waals surface area contributed by atoms with Crippen molar-refractivity contribution in [2.24, 2.45) is 5.92 Å². The van der Waals surface area contributed by atoms with E-state index >= 15 is 0 Å². The minimum atomic E-state index is -0.791. The van der Waals surface area contributed by atoms with E-state index in [0.29, 0.717) is 5.92 Å². The second-order valence-electron chi connectivity index (χ2n) is 9.19. The first-order chi connectivity index (χ1) is 15.9. The predicted molar refractivity (Wildman–Crippen MR) is 133 cm³/mol. The summed E-state index contributed by atoms with van der Waals surface area (Å²) in [5.74, 6) is -0.908. The van der Waals surface area contributed by atoms with Crippen LogP contribution in [-0.4, -0.2) is 29.1 Å². The van der Waals surface area contributed by atoms with E-state index in [9.17, 15) is 9.90 Å².